The molecule has 0 radical (unpaired) electrons. The molecule has 1 aromatic heterocycles. The molecule has 0 unspecified atom stereocenters. The van der Waals surface area contributed by atoms with E-state index < -0.39 is 5.97 Å². The quantitative estimate of drug-likeness (QED) is 0.750. The van der Waals surface area contributed by atoms with Gasteiger partial charge in [0.2, 0.25) is 0 Å². The van der Waals surface area contributed by atoms with Crippen LogP contribution in [0, 0.1) is 11.8 Å². The molecule has 2 aromatic rings. The highest BCUT2D eigenvalue weighted by atomic mass is 32.1. The number of hydrogen-bond acceptors (Lipinski definition) is 5. The second-order valence-electron chi connectivity index (χ2n) is 7.57. The number of amides is 1. The lowest BCUT2D eigenvalue weighted by molar-refractivity contribution is -0.137. The summed E-state index contributed by atoms with van der Waals surface area (Å²) in [6.45, 7) is 6.02. The summed E-state index contributed by atoms with van der Waals surface area (Å²) in [4.78, 5) is 28.2. The summed E-state index contributed by atoms with van der Waals surface area (Å²) in [7, 11) is 0. The first-order valence-corrected chi connectivity index (χ1v) is 10.1. The molecule has 1 aromatic carbocycles. The molecule has 1 fully saturated rings. The van der Waals surface area contributed by atoms with Crippen molar-refractivity contribution in [2.24, 2.45) is 11.8 Å². The number of ether oxygens (including phenoxy) is 2. The molecule has 3 heterocycles. The van der Waals surface area contributed by atoms with E-state index in [0.717, 1.165) is 41.3 Å². The van der Waals surface area contributed by atoms with Gasteiger partial charge in [-0.2, -0.15) is 0 Å². The summed E-state index contributed by atoms with van der Waals surface area (Å²) in [5, 5.41) is 0. The summed E-state index contributed by atoms with van der Waals surface area (Å²) in [6, 6.07) is 9.61. The van der Waals surface area contributed by atoms with Crippen LogP contribution in [0.5, 0.6) is 5.75 Å². The van der Waals surface area contributed by atoms with Crippen LogP contribution in [-0.4, -0.2) is 36.5 Å². The van der Waals surface area contributed by atoms with E-state index in [0.29, 0.717) is 23.3 Å². The minimum Gasteiger partial charge on any atom is -0.488 e. The first-order valence-electron chi connectivity index (χ1n) is 9.31. The maximum Gasteiger partial charge on any atom is 0.348 e. The lowest BCUT2D eigenvalue weighted by atomic mass is 9.92. The molecular formula is C21H23NO4S. The second kappa shape index (κ2) is 7.35. The van der Waals surface area contributed by atoms with Gasteiger partial charge in [-0.3, -0.25) is 4.79 Å². The van der Waals surface area contributed by atoms with Crippen LogP contribution in [0.3, 0.4) is 0 Å². The molecule has 0 bridgehead atoms. The minimum absolute atomic E-state index is 0.114. The van der Waals surface area contributed by atoms with Gasteiger partial charge in [-0.05, 0) is 36.5 Å². The standard InChI is InChI=1S/C21H23NO4S/c1-13-7-14(2)10-22(9-13)19(23)12-26-21(24)18-8-15-11-25-17-6-4-3-5-16(17)20(15)27-18/h3-6,8,13-14H,7,9-12H2,1-2H3/t13-,14-/m1/s1. The zero-order chi connectivity index (χ0) is 19.0. The molecule has 0 saturated carbocycles. The van der Waals surface area contributed by atoms with E-state index in [1.807, 2.05) is 35.2 Å². The Morgan fingerprint density at radius 2 is 1.96 bits per heavy atom. The van der Waals surface area contributed by atoms with Crippen LogP contribution in [0.1, 0.15) is 35.5 Å². The maximum absolute atomic E-state index is 12.5. The van der Waals surface area contributed by atoms with Crippen LogP contribution in [0.2, 0.25) is 0 Å². The first-order chi connectivity index (χ1) is 13.0. The van der Waals surface area contributed by atoms with Gasteiger partial charge in [0, 0.05) is 29.1 Å². The lowest BCUT2D eigenvalue weighted by Gasteiger charge is -2.34. The van der Waals surface area contributed by atoms with Gasteiger partial charge in [0.15, 0.2) is 6.61 Å². The van der Waals surface area contributed by atoms with Crippen molar-refractivity contribution in [2.75, 3.05) is 19.7 Å². The van der Waals surface area contributed by atoms with Gasteiger partial charge in [0.25, 0.3) is 5.91 Å². The van der Waals surface area contributed by atoms with Crippen LogP contribution in [0.4, 0.5) is 0 Å². The Labute approximate surface area is 162 Å². The molecule has 2 aliphatic rings. The SMILES string of the molecule is C[C@@H]1C[C@@H](C)CN(C(=O)COC(=O)c2cc3c(s2)-c2ccccc2OC3)C1. The summed E-state index contributed by atoms with van der Waals surface area (Å²) < 4.78 is 11.1. The third kappa shape index (κ3) is 3.72. The molecule has 2 aliphatic heterocycles. The summed E-state index contributed by atoms with van der Waals surface area (Å²) in [5.41, 5.74) is 1.98. The summed E-state index contributed by atoms with van der Waals surface area (Å²) in [5.74, 6) is 1.24. The zero-order valence-electron chi connectivity index (χ0n) is 15.6. The molecule has 2 atom stereocenters. The van der Waals surface area contributed by atoms with Gasteiger partial charge in [0.1, 0.15) is 17.2 Å². The minimum atomic E-state index is -0.446. The normalized spacial score (nSPS) is 21.0. The van der Waals surface area contributed by atoms with E-state index in [4.69, 9.17) is 9.47 Å². The molecule has 0 spiro atoms. The van der Waals surface area contributed by atoms with Crippen molar-refractivity contribution >= 4 is 23.2 Å². The maximum atomic E-state index is 12.5. The van der Waals surface area contributed by atoms with Crippen molar-refractivity contribution in [3.05, 3.63) is 40.8 Å². The third-order valence-electron chi connectivity index (χ3n) is 5.07. The van der Waals surface area contributed by atoms with E-state index in [1.54, 1.807) is 0 Å². The Morgan fingerprint density at radius 3 is 2.74 bits per heavy atom. The van der Waals surface area contributed by atoms with Gasteiger partial charge in [-0.1, -0.05) is 26.0 Å². The zero-order valence-corrected chi connectivity index (χ0v) is 16.4. The Kier molecular flexibility index (Phi) is 4.91. The second-order valence-corrected chi connectivity index (χ2v) is 8.62. The average Bonchev–Trinajstić information content (AvgIpc) is 3.10. The van der Waals surface area contributed by atoms with Crippen LogP contribution < -0.4 is 4.74 Å². The van der Waals surface area contributed by atoms with Crippen molar-refractivity contribution in [3.63, 3.8) is 0 Å². The number of rotatable bonds is 3. The van der Waals surface area contributed by atoms with Gasteiger partial charge in [0.05, 0.1) is 0 Å². The molecule has 4 rings (SSSR count). The topological polar surface area (TPSA) is 55.8 Å². The number of thiophene rings is 1. The summed E-state index contributed by atoms with van der Waals surface area (Å²) in [6.07, 6.45) is 1.13. The molecule has 5 nitrogen and oxygen atoms in total. The number of hydrogen-bond donors (Lipinski definition) is 0. The van der Waals surface area contributed by atoms with Gasteiger partial charge in [-0.15, -0.1) is 11.3 Å². The molecule has 0 aliphatic carbocycles. The number of fused-ring (bicyclic) bond motifs is 3. The number of piperidine rings is 1. The number of carbonyl (C=O) groups is 2. The molecule has 1 saturated heterocycles. The Bertz CT molecular complexity index is 865. The fourth-order valence-corrected chi connectivity index (χ4v) is 5.05. The van der Waals surface area contributed by atoms with E-state index in [-0.39, 0.29) is 12.5 Å². The number of esters is 1. The van der Waals surface area contributed by atoms with E-state index in [1.165, 1.54) is 11.3 Å². The molecule has 27 heavy (non-hydrogen) atoms. The highest BCUT2D eigenvalue weighted by molar-refractivity contribution is 7.17. The molecule has 0 N–H and O–H groups in total. The molecule has 142 valence electrons. The van der Waals surface area contributed by atoms with Crippen LogP contribution in [0.25, 0.3) is 10.4 Å². The largest absolute Gasteiger partial charge is 0.488 e. The highest BCUT2D eigenvalue weighted by Gasteiger charge is 2.27. The lowest BCUT2D eigenvalue weighted by Crippen LogP contribution is -2.44. The van der Waals surface area contributed by atoms with Crippen molar-refractivity contribution in [2.45, 2.75) is 26.9 Å². The number of carbonyl (C=O) groups excluding carboxylic acids is 2. The number of benzene rings is 1. The predicted molar refractivity (Wildman–Crippen MR) is 104 cm³/mol. The van der Waals surface area contributed by atoms with Crippen molar-refractivity contribution in [1.82, 2.24) is 4.90 Å². The number of nitrogens with zero attached hydrogens (tertiary/aromatic N) is 1. The summed E-state index contributed by atoms with van der Waals surface area (Å²) >= 11 is 1.39. The smallest absolute Gasteiger partial charge is 0.348 e. The monoisotopic (exact) mass is 385 g/mol. The number of para-hydroxylation sites is 1. The molecule has 6 heteroatoms. The predicted octanol–water partition coefficient (Wildman–Crippen LogP) is 3.97. The Balaban J connectivity index is 1.41. The molecular weight excluding hydrogens is 362 g/mol. The third-order valence-corrected chi connectivity index (χ3v) is 6.26. The average molecular weight is 385 g/mol. The van der Waals surface area contributed by atoms with Gasteiger partial charge in [-0.25, -0.2) is 4.79 Å². The van der Waals surface area contributed by atoms with Crippen molar-refractivity contribution < 1.29 is 19.1 Å². The van der Waals surface area contributed by atoms with E-state index in [9.17, 15) is 9.59 Å². The first kappa shape index (κ1) is 18.0. The number of likely N-dealkylation sites (tertiary alicyclic amines) is 1. The van der Waals surface area contributed by atoms with Crippen molar-refractivity contribution in [3.8, 4) is 16.2 Å². The van der Waals surface area contributed by atoms with E-state index >= 15 is 0 Å². The van der Waals surface area contributed by atoms with Crippen LogP contribution in [0.15, 0.2) is 30.3 Å². The Morgan fingerprint density at radius 1 is 1.22 bits per heavy atom. The van der Waals surface area contributed by atoms with Gasteiger partial charge >= 0.3 is 5.97 Å². The van der Waals surface area contributed by atoms with E-state index in [2.05, 4.69) is 13.8 Å². The van der Waals surface area contributed by atoms with Crippen LogP contribution >= 0.6 is 11.3 Å². The van der Waals surface area contributed by atoms with Gasteiger partial charge < -0.3 is 14.4 Å². The molecule has 1 amide bonds. The van der Waals surface area contributed by atoms with Crippen molar-refractivity contribution in [1.29, 1.82) is 0 Å². The Hall–Kier alpha value is -2.34. The highest BCUT2D eigenvalue weighted by Crippen LogP contribution is 2.42. The van der Waals surface area contributed by atoms with Crippen LogP contribution in [-0.2, 0) is 16.1 Å². The fraction of sp³-hybridized carbons (Fsp3) is 0.429. The fourth-order valence-electron chi connectivity index (χ4n) is 3.96.